The third-order valence-corrected chi connectivity index (χ3v) is 6.33. The number of nitrogens with zero attached hydrogens (tertiary/aromatic N) is 2. The molecule has 7 nitrogen and oxygen atoms in total. The summed E-state index contributed by atoms with van der Waals surface area (Å²) in [5.74, 6) is 0.950. The number of hydrogen-bond donors (Lipinski definition) is 4. The second-order valence-electron chi connectivity index (χ2n) is 9.44. The van der Waals surface area contributed by atoms with Gasteiger partial charge in [-0.25, -0.2) is 4.98 Å². The van der Waals surface area contributed by atoms with E-state index in [2.05, 4.69) is 40.1 Å². The van der Waals surface area contributed by atoms with Crippen molar-refractivity contribution < 1.29 is 14.9 Å². The predicted molar refractivity (Wildman–Crippen MR) is 140 cm³/mol. The first-order valence-corrected chi connectivity index (χ1v) is 11.9. The highest BCUT2D eigenvalue weighted by molar-refractivity contribution is 5.74. The Morgan fingerprint density at radius 3 is 2.60 bits per heavy atom. The van der Waals surface area contributed by atoms with Gasteiger partial charge >= 0.3 is 0 Å². The zero-order valence-electron chi connectivity index (χ0n) is 20.5. The Bertz CT molecular complexity index is 1250. The Morgan fingerprint density at radius 1 is 1.06 bits per heavy atom. The van der Waals surface area contributed by atoms with Gasteiger partial charge in [0.05, 0.1) is 36.3 Å². The molecule has 35 heavy (non-hydrogen) atoms. The van der Waals surface area contributed by atoms with Crippen LogP contribution in [0.4, 0.5) is 5.69 Å². The molecule has 0 saturated heterocycles. The monoisotopic (exact) mass is 474 g/mol. The Kier molecular flexibility index (Phi) is 7.58. The molecule has 1 atom stereocenters. The lowest BCUT2D eigenvalue weighted by Crippen LogP contribution is -2.42. The minimum Gasteiger partial charge on any atom is -0.506 e. The number of para-hydroxylation sites is 2. The zero-order chi connectivity index (χ0) is 24.8. The van der Waals surface area contributed by atoms with Crippen molar-refractivity contribution in [3.63, 3.8) is 0 Å². The first-order chi connectivity index (χ1) is 16.8. The topological polar surface area (TPSA) is 91.6 Å². The molecule has 0 amide bonds. The summed E-state index contributed by atoms with van der Waals surface area (Å²) in [4.78, 5) is 4.46. The van der Waals surface area contributed by atoms with Crippen molar-refractivity contribution in [2.45, 2.75) is 45.0 Å². The van der Waals surface area contributed by atoms with E-state index in [1.807, 2.05) is 48.8 Å². The molecule has 0 fully saturated rings. The molecule has 0 aliphatic carbocycles. The number of nitrogens with one attached hydrogen (secondary N) is 2. The van der Waals surface area contributed by atoms with Crippen LogP contribution in [0.25, 0.3) is 11.0 Å². The number of anilines is 1. The van der Waals surface area contributed by atoms with Gasteiger partial charge in [-0.05, 0) is 67.8 Å². The smallest absolute Gasteiger partial charge is 0.138 e. The molecule has 0 saturated carbocycles. The van der Waals surface area contributed by atoms with E-state index < -0.39 is 6.10 Å². The van der Waals surface area contributed by atoms with Crippen LogP contribution in [-0.2, 0) is 13.1 Å². The summed E-state index contributed by atoms with van der Waals surface area (Å²) in [6.07, 6.45) is 2.06. The molecule has 184 valence electrons. The summed E-state index contributed by atoms with van der Waals surface area (Å²) in [6, 6.07) is 21.0. The van der Waals surface area contributed by atoms with Gasteiger partial charge in [-0.15, -0.1) is 0 Å². The SMILES string of the molecule is COc1ccc(CNc2cc(C(O)CNC(C)(C)CCn3cnc4ccccc43)ccc2O)cc1. The first kappa shape index (κ1) is 24.6. The highest BCUT2D eigenvalue weighted by Gasteiger charge is 2.20. The molecule has 4 N–H and O–H groups in total. The maximum absolute atomic E-state index is 10.8. The number of fused-ring (bicyclic) bond motifs is 1. The third-order valence-electron chi connectivity index (χ3n) is 6.33. The van der Waals surface area contributed by atoms with E-state index in [0.717, 1.165) is 40.9 Å². The number of ether oxygens (including phenoxy) is 1. The van der Waals surface area contributed by atoms with E-state index >= 15 is 0 Å². The lowest BCUT2D eigenvalue weighted by Gasteiger charge is -2.28. The van der Waals surface area contributed by atoms with Crippen LogP contribution in [0.15, 0.2) is 73.1 Å². The maximum Gasteiger partial charge on any atom is 0.138 e. The number of aliphatic hydroxyl groups excluding tert-OH is 1. The fourth-order valence-electron chi connectivity index (χ4n) is 4.01. The number of aromatic hydroxyl groups is 1. The Hall–Kier alpha value is -3.55. The molecule has 0 bridgehead atoms. The van der Waals surface area contributed by atoms with Crippen LogP contribution >= 0.6 is 0 Å². The molecule has 0 spiro atoms. The number of rotatable bonds is 11. The number of methoxy groups -OCH3 is 1. The van der Waals surface area contributed by atoms with E-state index in [1.165, 1.54) is 0 Å². The van der Waals surface area contributed by atoms with Crippen LogP contribution in [0.1, 0.15) is 37.5 Å². The molecule has 1 unspecified atom stereocenters. The first-order valence-electron chi connectivity index (χ1n) is 11.9. The Morgan fingerprint density at radius 2 is 1.83 bits per heavy atom. The van der Waals surface area contributed by atoms with Gasteiger partial charge < -0.3 is 30.2 Å². The molecule has 1 heterocycles. The quantitative estimate of drug-likeness (QED) is 0.232. The summed E-state index contributed by atoms with van der Waals surface area (Å²) >= 11 is 0. The lowest BCUT2D eigenvalue weighted by molar-refractivity contribution is 0.158. The van der Waals surface area contributed by atoms with Crippen molar-refractivity contribution in [1.29, 1.82) is 0 Å². The highest BCUT2D eigenvalue weighted by Crippen LogP contribution is 2.28. The molecular formula is C28H34N4O3. The van der Waals surface area contributed by atoms with E-state index in [9.17, 15) is 10.2 Å². The summed E-state index contributed by atoms with van der Waals surface area (Å²) in [6.45, 7) is 6.05. The fraction of sp³-hybridized carbons (Fsp3) is 0.321. The molecule has 0 radical (unpaired) electrons. The largest absolute Gasteiger partial charge is 0.506 e. The molecule has 7 heteroatoms. The van der Waals surface area contributed by atoms with Crippen molar-refractivity contribution in [1.82, 2.24) is 14.9 Å². The number of aliphatic hydroxyl groups is 1. The molecule has 4 aromatic rings. The second kappa shape index (κ2) is 10.8. The Balaban J connectivity index is 1.32. The van der Waals surface area contributed by atoms with Crippen LogP contribution in [0.3, 0.4) is 0 Å². The molecule has 0 aliphatic heterocycles. The fourth-order valence-corrected chi connectivity index (χ4v) is 4.01. The van der Waals surface area contributed by atoms with E-state index in [0.29, 0.717) is 18.8 Å². The average Bonchev–Trinajstić information content (AvgIpc) is 3.29. The predicted octanol–water partition coefficient (Wildman–Crippen LogP) is 4.85. The van der Waals surface area contributed by atoms with E-state index in [4.69, 9.17) is 4.74 Å². The summed E-state index contributed by atoms with van der Waals surface area (Å²) < 4.78 is 7.36. The number of aryl methyl sites for hydroxylation is 1. The number of phenols is 1. The van der Waals surface area contributed by atoms with Gasteiger partial charge in [0.25, 0.3) is 0 Å². The summed E-state index contributed by atoms with van der Waals surface area (Å²) in [7, 11) is 1.64. The van der Waals surface area contributed by atoms with Gasteiger partial charge in [-0.2, -0.15) is 0 Å². The van der Waals surface area contributed by atoms with Crippen molar-refractivity contribution >= 4 is 16.7 Å². The van der Waals surface area contributed by atoms with Gasteiger partial charge in [-0.3, -0.25) is 0 Å². The van der Waals surface area contributed by atoms with Gasteiger partial charge in [0, 0.05) is 25.2 Å². The van der Waals surface area contributed by atoms with E-state index in [-0.39, 0.29) is 11.3 Å². The van der Waals surface area contributed by atoms with Crippen molar-refractivity contribution in [2.24, 2.45) is 0 Å². The molecule has 3 aromatic carbocycles. The number of benzene rings is 3. The van der Waals surface area contributed by atoms with Crippen LogP contribution in [0.2, 0.25) is 0 Å². The maximum atomic E-state index is 10.8. The summed E-state index contributed by atoms with van der Waals surface area (Å²) in [5, 5.41) is 27.9. The molecular weight excluding hydrogens is 440 g/mol. The van der Waals surface area contributed by atoms with Crippen LogP contribution in [0.5, 0.6) is 11.5 Å². The third kappa shape index (κ3) is 6.32. The van der Waals surface area contributed by atoms with Crippen molar-refractivity contribution in [2.75, 3.05) is 19.0 Å². The van der Waals surface area contributed by atoms with Crippen molar-refractivity contribution in [3.05, 3.63) is 84.2 Å². The van der Waals surface area contributed by atoms with Gasteiger partial charge in [0.1, 0.15) is 11.5 Å². The van der Waals surface area contributed by atoms with Crippen molar-refractivity contribution in [3.8, 4) is 11.5 Å². The van der Waals surface area contributed by atoms with Crippen LogP contribution in [-0.4, -0.2) is 39.0 Å². The molecule has 0 aliphatic rings. The van der Waals surface area contributed by atoms with Gasteiger partial charge in [-0.1, -0.05) is 30.3 Å². The average molecular weight is 475 g/mol. The highest BCUT2D eigenvalue weighted by atomic mass is 16.5. The Labute approximate surface area is 206 Å². The van der Waals surface area contributed by atoms with Gasteiger partial charge in [0.2, 0.25) is 0 Å². The normalized spacial score (nSPS) is 12.6. The number of imidazole rings is 1. The molecule has 4 rings (SSSR count). The zero-order valence-corrected chi connectivity index (χ0v) is 20.5. The van der Waals surface area contributed by atoms with E-state index in [1.54, 1.807) is 25.3 Å². The minimum absolute atomic E-state index is 0.148. The van der Waals surface area contributed by atoms with Gasteiger partial charge in [0.15, 0.2) is 0 Å². The summed E-state index contributed by atoms with van der Waals surface area (Å²) in [5.41, 5.74) is 4.33. The second-order valence-corrected chi connectivity index (χ2v) is 9.44. The van der Waals surface area contributed by atoms with Crippen LogP contribution < -0.4 is 15.4 Å². The number of hydrogen-bond acceptors (Lipinski definition) is 6. The standard InChI is InChI=1S/C28H34N4O3/c1-28(2,14-15-32-19-30-23-6-4-5-7-25(23)32)31-18-27(34)21-10-13-26(33)24(16-21)29-17-20-8-11-22(35-3)12-9-20/h4-13,16,19,27,29,31,33-34H,14-15,17-18H2,1-3H3. The minimum atomic E-state index is -0.703. The molecule has 1 aromatic heterocycles. The van der Waals surface area contributed by atoms with Crippen LogP contribution in [0, 0.1) is 0 Å². The number of phenolic OH excluding ortho intramolecular Hbond substituents is 1. The number of β-amino-alcohol motifs (C(OH)–C–C–N with tert-alkyl or cyclic N) is 1. The number of aromatic nitrogens is 2. The lowest BCUT2D eigenvalue weighted by atomic mass is 9.99.